The van der Waals surface area contributed by atoms with Crippen molar-refractivity contribution in [3.05, 3.63) is 64.7 Å². The smallest absolute Gasteiger partial charge is 0.322 e. The predicted molar refractivity (Wildman–Crippen MR) is 132 cm³/mol. The quantitative estimate of drug-likeness (QED) is 0.438. The second-order valence-corrected chi connectivity index (χ2v) is 9.57. The van der Waals surface area contributed by atoms with Gasteiger partial charge in [0.15, 0.2) is 0 Å². The van der Waals surface area contributed by atoms with Crippen LogP contribution in [0.3, 0.4) is 0 Å². The van der Waals surface area contributed by atoms with Crippen LogP contribution in [0.4, 0.5) is 9.59 Å². The zero-order valence-corrected chi connectivity index (χ0v) is 20.9. The molecule has 2 atom stereocenters. The van der Waals surface area contributed by atoms with Gasteiger partial charge < -0.3 is 25.6 Å². The van der Waals surface area contributed by atoms with E-state index in [1.54, 1.807) is 31.2 Å². The average molecular weight is 494 g/mol. The van der Waals surface area contributed by atoms with Crippen LogP contribution in [0.1, 0.15) is 35.6 Å². The van der Waals surface area contributed by atoms with Gasteiger partial charge in [-0.05, 0) is 49.6 Å². The Balaban J connectivity index is 1.54. The van der Waals surface area contributed by atoms with Crippen molar-refractivity contribution >= 4 is 23.9 Å². The first kappa shape index (κ1) is 25.0. The molecule has 2 fully saturated rings. The predicted octanol–water partition coefficient (Wildman–Crippen LogP) is 1.84. The summed E-state index contributed by atoms with van der Waals surface area (Å²) in [5.41, 5.74) is 1.42. The first-order valence-electron chi connectivity index (χ1n) is 11.8. The van der Waals surface area contributed by atoms with Crippen LogP contribution in [0, 0.1) is 13.8 Å². The average Bonchev–Trinajstić information content (AvgIpc) is 3.29. The van der Waals surface area contributed by atoms with E-state index in [0.29, 0.717) is 30.9 Å². The molecule has 4 rings (SSSR count). The molecule has 2 aliphatic heterocycles. The second kappa shape index (κ2) is 9.52. The number of hydrogen-bond donors (Lipinski definition) is 4. The molecule has 10 nitrogen and oxygen atoms in total. The number of urea groups is 2. The van der Waals surface area contributed by atoms with Gasteiger partial charge in [0, 0.05) is 20.0 Å². The van der Waals surface area contributed by atoms with Gasteiger partial charge >= 0.3 is 12.1 Å². The Morgan fingerprint density at radius 1 is 1.11 bits per heavy atom. The number of rotatable bonds is 7. The van der Waals surface area contributed by atoms with Crippen molar-refractivity contribution in [1.82, 2.24) is 26.2 Å². The van der Waals surface area contributed by atoms with Gasteiger partial charge in [-0.2, -0.15) is 0 Å². The van der Waals surface area contributed by atoms with E-state index in [1.165, 1.54) is 11.9 Å². The molecule has 10 heteroatoms. The topological polar surface area (TPSA) is 129 Å². The van der Waals surface area contributed by atoms with Crippen LogP contribution in [0.5, 0.6) is 5.75 Å². The number of carbonyl (C=O) groups excluding carboxylic acids is 4. The number of likely N-dealkylation sites (tertiary alicyclic amines) is 1. The normalized spacial score (nSPS) is 23.3. The summed E-state index contributed by atoms with van der Waals surface area (Å²) in [5.74, 6) is -0.220. The van der Waals surface area contributed by atoms with Crippen molar-refractivity contribution in [2.24, 2.45) is 0 Å². The fraction of sp³-hybridized carbons (Fsp3) is 0.385. The second-order valence-electron chi connectivity index (χ2n) is 9.57. The van der Waals surface area contributed by atoms with E-state index in [1.807, 2.05) is 13.8 Å². The Hall–Kier alpha value is -4.08. The van der Waals surface area contributed by atoms with Crippen LogP contribution in [-0.4, -0.2) is 54.5 Å². The van der Waals surface area contributed by atoms with E-state index in [2.05, 4.69) is 39.5 Å². The molecular weight excluding hydrogens is 462 g/mol. The minimum atomic E-state index is -1.32. The van der Waals surface area contributed by atoms with Crippen LogP contribution < -0.4 is 26.0 Å². The van der Waals surface area contributed by atoms with Crippen molar-refractivity contribution in [2.75, 3.05) is 20.1 Å². The van der Waals surface area contributed by atoms with E-state index in [-0.39, 0.29) is 12.5 Å². The zero-order chi connectivity index (χ0) is 26.1. The highest BCUT2D eigenvalue weighted by Crippen LogP contribution is 2.35. The molecule has 0 bridgehead atoms. The Morgan fingerprint density at radius 2 is 1.83 bits per heavy atom. The van der Waals surface area contributed by atoms with Gasteiger partial charge in [0.05, 0.1) is 6.54 Å². The van der Waals surface area contributed by atoms with E-state index < -0.39 is 29.0 Å². The van der Waals surface area contributed by atoms with E-state index in [0.717, 1.165) is 16.7 Å². The third-order valence-electron chi connectivity index (χ3n) is 6.83. The van der Waals surface area contributed by atoms with Crippen LogP contribution in [-0.2, 0) is 21.7 Å². The number of amides is 6. The minimum Gasteiger partial charge on any atom is -0.489 e. The summed E-state index contributed by atoms with van der Waals surface area (Å²) >= 11 is 0. The number of hydrogen-bond acceptors (Lipinski definition) is 5. The lowest BCUT2D eigenvalue weighted by Crippen LogP contribution is -2.57. The molecule has 0 aliphatic carbocycles. The van der Waals surface area contributed by atoms with Crippen molar-refractivity contribution in [2.45, 2.75) is 44.9 Å². The lowest BCUT2D eigenvalue weighted by molar-refractivity contribution is -0.135. The molecule has 4 N–H and O–H groups in total. The molecule has 6 amide bonds. The molecule has 0 spiro atoms. The maximum absolute atomic E-state index is 13.7. The van der Waals surface area contributed by atoms with Crippen molar-refractivity contribution in [1.29, 1.82) is 0 Å². The first-order chi connectivity index (χ1) is 17.1. The number of carbonyl (C=O) groups is 4. The molecule has 0 saturated carbocycles. The summed E-state index contributed by atoms with van der Waals surface area (Å²) in [5, 5.41) is 10.1. The molecule has 2 aromatic rings. The molecule has 36 heavy (non-hydrogen) atoms. The van der Waals surface area contributed by atoms with Gasteiger partial charge in [-0.1, -0.05) is 35.9 Å². The lowest BCUT2D eigenvalue weighted by Gasteiger charge is -2.32. The van der Waals surface area contributed by atoms with Crippen LogP contribution >= 0.6 is 0 Å². The highest BCUT2D eigenvalue weighted by atomic mass is 16.5. The molecule has 190 valence electrons. The van der Waals surface area contributed by atoms with Crippen molar-refractivity contribution < 1.29 is 23.9 Å². The molecule has 2 aliphatic rings. The fourth-order valence-electron chi connectivity index (χ4n) is 4.67. The summed E-state index contributed by atoms with van der Waals surface area (Å²) in [6, 6.07) is 12.2. The number of nitrogens with zero attached hydrogens (tertiary/aromatic N) is 1. The number of aryl methyl sites for hydroxylation is 2. The largest absolute Gasteiger partial charge is 0.489 e. The standard InChI is InChI=1S/C26H31N5O5/c1-16-5-6-17(2)18(13-16)14-36-20-9-7-19(8-10-20)26(30-23(34)27-4)11-12-31(22(26)33)15-25(3)21(32)28-24(35)29-25/h5-10,13H,11-12,14-15H2,1-4H3,(H2,27,30,34)(H2,28,29,32,35). The zero-order valence-electron chi connectivity index (χ0n) is 20.9. The monoisotopic (exact) mass is 493 g/mol. The fourth-order valence-corrected chi connectivity index (χ4v) is 4.67. The third kappa shape index (κ3) is 4.71. The maximum Gasteiger partial charge on any atom is 0.322 e. The van der Waals surface area contributed by atoms with E-state index >= 15 is 0 Å². The van der Waals surface area contributed by atoms with Crippen molar-refractivity contribution in [3.8, 4) is 5.75 Å². The maximum atomic E-state index is 13.7. The third-order valence-corrected chi connectivity index (χ3v) is 6.83. The molecule has 0 aromatic heterocycles. The van der Waals surface area contributed by atoms with Gasteiger partial charge in [0.2, 0.25) is 0 Å². The minimum absolute atomic E-state index is 0.0163. The van der Waals surface area contributed by atoms with Crippen LogP contribution in [0.2, 0.25) is 0 Å². The summed E-state index contributed by atoms with van der Waals surface area (Å²) in [6.45, 7) is 6.33. The molecule has 0 radical (unpaired) electrons. The summed E-state index contributed by atoms with van der Waals surface area (Å²) < 4.78 is 5.97. The number of ether oxygens (including phenoxy) is 1. The van der Waals surface area contributed by atoms with Gasteiger partial charge in [0.25, 0.3) is 11.8 Å². The first-order valence-corrected chi connectivity index (χ1v) is 11.8. The van der Waals surface area contributed by atoms with Crippen LogP contribution in [0.15, 0.2) is 42.5 Å². The van der Waals surface area contributed by atoms with Crippen molar-refractivity contribution in [3.63, 3.8) is 0 Å². The number of nitrogens with one attached hydrogen (secondary N) is 4. The molecule has 2 saturated heterocycles. The van der Waals surface area contributed by atoms with Gasteiger partial charge in [-0.15, -0.1) is 0 Å². The Bertz CT molecular complexity index is 1210. The summed E-state index contributed by atoms with van der Waals surface area (Å²) in [7, 11) is 1.48. The number of imide groups is 1. The Morgan fingerprint density at radius 3 is 2.47 bits per heavy atom. The molecular formula is C26H31N5O5. The van der Waals surface area contributed by atoms with Gasteiger partial charge in [-0.25, -0.2) is 9.59 Å². The van der Waals surface area contributed by atoms with Gasteiger partial charge in [-0.3, -0.25) is 14.9 Å². The Labute approximate surface area is 209 Å². The summed E-state index contributed by atoms with van der Waals surface area (Å²) in [6.07, 6.45) is 0.299. The molecule has 2 unspecified atom stereocenters. The lowest BCUT2D eigenvalue weighted by atomic mass is 9.88. The van der Waals surface area contributed by atoms with Crippen LogP contribution in [0.25, 0.3) is 0 Å². The van der Waals surface area contributed by atoms with E-state index in [4.69, 9.17) is 4.74 Å². The van der Waals surface area contributed by atoms with Gasteiger partial charge in [0.1, 0.15) is 23.4 Å². The number of benzene rings is 2. The molecule has 2 aromatic carbocycles. The highest BCUT2D eigenvalue weighted by molar-refractivity contribution is 6.07. The van der Waals surface area contributed by atoms with E-state index in [9.17, 15) is 19.2 Å². The Kier molecular flexibility index (Phi) is 6.62. The molecule has 2 heterocycles. The summed E-state index contributed by atoms with van der Waals surface area (Å²) in [4.78, 5) is 51.4. The SMILES string of the molecule is CNC(=O)NC1(c2ccc(OCc3cc(C)ccc3C)cc2)CCN(CC2(C)NC(=O)NC2=O)C1=O. The highest BCUT2D eigenvalue weighted by Gasteiger charge is 2.52.